The zero-order valence-electron chi connectivity index (χ0n) is 10.0. The zero-order valence-corrected chi connectivity index (χ0v) is 10.0. The van der Waals surface area contributed by atoms with E-state index in [9.17, 15) is 18.0 Å². The predicted molar refractivity (Wildman–Crippen MR) is 64.7 cm³/mol. The van der Waals surface area contributed by atoms with E-state index in [1.807, 2.05) is 0 Å². The van der Waals surface area contributed by atoms with Crippen LogP contribution < -0.4 is 0 Å². The highest BCUT2D eigenvalue weighted by molar-refractivity contribution is 5.95. The average Bonchev–Trinajstić information content (AvgIpc) is 2.38. The third-order valence-electron chi connectivity index (χ3n) is 2.66. The van der Waals surface area contributed by atoms with E-state index in [-0.39, 0.29) is 5.78 Å². The summed E-state index contributed by atoms with van der Waals surface area (Å²) in [6.45, 7) is 1.43. The second-order valence-electron chi connectivity index (χ2n) is 4.07. The summed E-state index contributed by atoms with van der Waals surface area (Å²) in [5.74, 6) is -0.0956. The number of aromatic nitrogens is 1. The Kier molecular flexibility index (Phi) is 3.38. The Bertz CT molecular complexity index is 603. The van der Waals surface area contributed by atoms with Crippen LogP contribution in [0.1, 0.15) is 23.0 Å². The number of hydrogen-bond acceptors (Lipinski definition) is 2. The van der Waals surface area contributed by atoms with Crippen LogP contribution in [-0.2, 0) is 6.18 Å². The van der Waals surface area contributed by atoms with E-state index in [2.05, 4.69) is 4.98 Å². The summed E-state index contributed by atoms with van der Waals surface area (Å²) in [6, 6.07) is 8.96. The van der Waals surface area contributed by atoms with Crippen molar-refractivity contribution < 1.29 is 18.0 Å². The molecule has 1 aromatic carbocycles. The lowest BCUT2D eigenvalue weighted by molar-refractivity contribution is -0.141. The summed E-state index contributed by atoms with van der Waals surface area (Å²) in [4.78, 5) is 14.6. The van der Waals surface area contributed by atoms with Gasteiger partial charge in [0.05, 0.1) is 0 Å². The van der Waals surface area contributed by atoms with Crippen molar-refractivity contribution in [1.82, 2.24) is 4.98 Å². The van der Waals surface area contributed by atoms with Crippen LogP contribution >= 0.6 is 0 Å². The van der Waals surface area contributed by atoms with Gasteiger partial charge in [0.1, 0.15) is 5.69 Å². The van der Waals surface area contributed by atoms with E-state index >= 15 is 0 Å². The SMILES string of the molecule is CC(=O)c1cccc(-c2ccc(C(F)(F)F)nc2)c1. The Morgan fingerprint density at radius 2 is 1.84 bits per heavy atom. The molecule has 0 unspecified atom stereocenters. The summed E-state index contributed by atoms with van der Waals surface area (Å²) >= 11 is 0. The number of carbonyl (C=O) groups is 1. The van der Waals surface area contributed by atoms with Crippen molar-refractivity contribution in [2.75, 3.05) is 0 Å². The molecule has 0 saturated carbocycles. The molecule has 0 spiro atoms. The fraction of sp³-hybridized carbons (Fsp3) is 0.143. The first-order valence-electron chi connectivity index (χ1n) is 5.52. The lowest BCUT2D eigenvalue weighted by atomic mass is 10.0. The van der Waals surface area contributed by atoms with Gasteiger partial charge in [-0.25, -0.2) is 0 Å². The van der Waals surface area contributed by atoms with Gasteiger partial charge in [0.15, 0.2) is 5.78 Å². The van der Waals surface area contributed by atoms with Crippen LogP contribution in [0.15, 0.2) is 42.6 Å². The predicted octanol–water partition coefficient (Wildman–Crippen LogP) is 3.97. The molecule has 0 fully saturated rings. The highest BCUT2D eigenvalue weighted by Crippen LogP contribution is 2.29. The Labute approximate surface area is 107 Å². The Morgan fingerprint density at radius 1 is 1.11 bits per heavy atom. The molecule has 0 bridgehead atoms. The minimum absolute atomic E-state index is 0.0956. The summed E-state index contributed by atoms with van der Waals surface area (Å²) in [5.41, 5.74) is 0.779. The average molecular weight is 265 g/mol. The van der Waals surface area contributed by atoms with Gasteiger partial charge in [-0.15, -0.1) is 0 Å². The molecule has 98 valence electrons. The van der Waals surface area contributed by atoms with Crippen molar-refractivity contribution >= 4 is 5.78 Å². The van der Waals surface area contributed by atoms with E-state index in [4.69, 9.17) is 0 Å². The summed E-state index contributed by atoms with van der Waals surface area (Å²) in [7, 11) is 0. The van der Waals surface area contributed by atoms with E-state index in [0.29, 0.717) is 16.7 Å². The first-order valence-corrected chi connectivity index (χ1v) is 5.52. The largest absolute Gasteiger partial charge is 0.433 e. The number of rotatable bonds is 2. The molecule has 0 atom stereocenters. The van der Waals surface area contributed by atoms with Crippen LogP contribution in [0.3, 0.4) is 0 Å². The van der Waals surface area contributed by atoms with Gasteiger partial charge in [-0.2, -0.15) is 13.2 Å². The van der Waals surface area contributed by atoms with Gasteiger partial charge >= 0.3 is 6.18 Å². The van der Waals surface area contributed by atoms with Crippen molar-refractivity contribution in [3.63, 3.8) is 0 Å². The lowest BCUT2D eigenvalue weighted by Gasteiger charge is -2.07. The van der Waals surface area contributed by atoms with Gasteiger partial charge in [-0.1, -0.05) is 24.3 Å². The number of Topliss-reactive ketones (excluding diaryl/α,β-unsaturated/α-hetero) is 1. The molecule has 0 radical (unpaired) electrons. The number of pyridine rings is 1. The molecule has 0 aliphatic rings. The van der Waals surface area contributed by atoms with E-state index in [1.54, 1.807) is 24.3 Å². The second kappa shape index (κ2) is 4.84. The maximum atomic E-state index is 12.4. The Hall–Kier alpha value is -2.17. The third-order valence-corrected chi connectivity index (χ3v) is 2.66. The Morgan fingerprint density at radius 3 is 2.37 bits per heavy atom. The number of nitrogens with zero attached hydrogens (tertiary/aromatic N) is 1. The topological polar surface area (TPSA) is 30.0 Å². The third kappa shape index (κ3) is 2.99. The molecule has 5 heteroatoms. The molecule has 1 aromatic heterocycles. The maximum absolute atomic E-state index is 12.4. The van der Waals surface area contributed by atoms with Gasteiger partial charge in [-0.05, 0) is 24.6 Å². The van der Waals surface area contributed by atoms with E-state index in [0.717, 1.165) is 12.3 Å². The molecular weight excluding hydrogens is 255 g/mol. The standard InChI is InChI=1S/C14H10F3NO/c1-9(19)10-3-2-4-11(7-10)12-5-6-13(18-8-12)14(15,16)17/h2-8H,1H3. The van der Waals surface area contributed by atoms with Crippen LogP contribution in [0.25, 0.3) is 11.1 Å². The summed E-state index contributed by atoms with van der Waals surface area (Å²) in [5, 5.41) is 0. The van der Waals surface area contributed by atoms with Crippen molar-refractivity contribution in [2.45, 2.75) is 13.1 Å². The highest BCUT2D eigenvalue weighted by Gasteiger charge is 2.32. The monoisotopic (exact) mass is 265 g/mol. The van der Waals surface area contributed by atoms with Crippen molar-refractivity contribution in [1.29, 1.82) is 0 Å². The van der Waals surface area contributed by atoms with Crippen LogP contribution in [0.4, 0.5) is 13.2 Å². The summed E-state index contributed by atoms with van der Waals surface area (Å²) < 4.78 is 37.2. The number of carbonyl (C=O) groups excluding carboxylic acids is 1. The number of alkyl halides is 3. The van der Waals surface area contributed by atoms with Crippen molar-refractivity contribution in [2.24, 2.45) is 0 Å². The summed E-state index contributed by atoms with van der Waals surface area (Å²) in [6.07, 6.45) is -3.29. The zero-order chi connectivity index (χ0) is 14.0. The van der Waals surface area contributed by atoms with Gasteiger partial charge in [0.2, 0.25) is 0 Å². The normalized spacial score (nSPS) is 11.4. The molecule has 2 rings (SSSR count). The van der Waals surface area contributed by atoms with Crippen LogP contribution in [0.5, 0.6) is 0 Å². The van der Waals surface area contributed by atoms with E-state index in [1.165, 1.54) is 13.0 Å². The van der Waals surface area contributed by atoms with Crippen LogP contribution in [0.2, 0.25) is 0 Å². The van der Waals surface area contributed by atoms with Gasteiger partial charge in [0.25, 0.3) is 0 Å². The number of hydrogen-bond donors (Lipinski definition) is 0. The molecule has 0 aliphatic carbocycles. The minimum Gasteiger partial charge on any atom is -0.295 e. The molecule has 0 aliphatic heterocycles. The lowest BCUT2D eigenvalue weighted by Crippen LogP contribution is -2.07. The minimum atomic E-state index is -4.44. The smallest absolute Gasteiger partial charge is 0.295 e. The van der Waals surface area contributed by atoms with Crippen molar-refractivity contribution in [3.8, 4) is 11.1 Å². The van der Waals surface area contributed by atoms with Crippen LogP contribution in [-0.4, -0.2) is 10.8 Å². The molecule has 0 saturated heterocycles. The molecule has 0 amide bonds. The van der Waals surface area contributed by atoms with Gasteiger partial charge in [-0.3, -0.25) is 9.78 Å². The first kappa shape index (κ1) is 13.3. The second-order valence-corrected chi connectivity index (χ2v) is 4.07. The van der Waals surface area contributed by atoms with Crippen LogP contribution in [0, 0.1) is 0 Å². The number of benzene rings is 1. The number of halogens is 3. The molecule has 2 aromatic rings. The fourth-order valence-electron chi connectivity index (χ4n) is 1.65. The quantitative estimate of drug-likeness (QED) is 0.769. The highest BCUT2D eigenvalue weighted by atomic mass is 19.4. The molecule has 19 heavy (non-hydrogen) atoms. The number of ketones is 1. The Balaban J connectivity index is 2.37. The molecule has 2 nitrogen and oxygen atoms in total. The van der Waals surface area contributed by atoms with Crippen molar-refractivity contribution in [3.05, 3.63) is 53.9 Å². The maximum Gasteiger partial charge on any atom is 0.433 e. The molecule has 1 heterocycles. The van der Waals surface area contributed by atoms with Gasteiger partial charge in [0, 0.05) is 17.3 Å². The fourth-order valence-corrected chi connectivity index (χ4v) is 1.65. The molecular formula is C14H10F3NO. The van der Waals surface area contributed by atoms with Gasteiger partial charge < -0.3 is 0 Å². The molecule has 0 N–H and O–H groups in total. The first-order chi connectivity index (χ1) is 8.88. The van der Waals surface area contributed by atoms with E-state index < -0.39 is 11.9 Å².